The first-order chi connectivity index (χ1) is 16.6. The number of aldehydes is 1. The maximum absolute atomic E-state index is 12.8. The Morgan fingerprint density at radius 1 is 1.18 bits per heavy atom. The third kappa shape index (κ3) is 10.3. The number of aromatic nitrogens is 2. The van der Waals surface area contributed by atoms with Crippen molar-refractivity contribution in [2.45, 2.75) is 49.0 Å². The number of aliphatic hydroxyl groups excluding tert-OH is 6. The zero-order valence-electron chi connectivity index (χ0n) is 19.8. The van der Waals surface area contributed by atoms with E-state index in [9.17, 15) is 59.4 Å². The predicted octanol–water partition coefficient (Wildman–Crippen LogP) is -11.8. The molecule has 10 atom stereocenters. The van der Waals surface area contributed by atoms with Gasteiger partial charge in [-0.25, -0.2) is 18.7 Å². The molecule has 2 heterocycles. The molecule has 19 nitrogen and oxygen atoms in total. The Kier molecular flexibility index (Phi) is 16.2. The summed E-state index contributed by atoms with van der Waals surface area (Å²) in [5.74, 6) is -0.906. The number of hydrogen-bond donors (Lipinski definition) is 7. The molecule has 0 saturated carbocycles. The molecule has 1 aliphatic heterocycles. The minimum Gasteiger partial charge on any atom is -0.858 e. The van der Waals surface area contributed by atoms with Crippen LogP contribution in [0.25, 0.3) is 0 Å². The van der Waals surface area contributed by atoms with Gasteiger partial charge in [0.15, 0.2) is 12.5 Å². The molecular weight excluding hydrogens is 588 g/mol. The van der Waals surface area contributed by atoms with Gasteiger partial charge in [-0.3, -0.25) is 18.2 Å². The maximum atomic E-state index is 12.8. The number of phosphoric ester groups is 1. The van der Waals surface area contributed by atoms with Crippen LogP contribution < -0.4 is 74.8 Å². The van der Waals surface area contributed by atoms with E-state index < -0.39 is 89.4 Å². The Balaban J connectivity index is 0.00000684. The molecule has 7 N–H and O–H groups in total. The van der Waals surface area contributed by atoms with Gasteiger partial charge in [0.1, 0.15) is 42.7 Å². The van der Waals surface area contributed by atoms with Gasteiger partial charge in [-0.05, 0) is 11.9 Å². The van der Waals surface area contributed by atoms with Crippen molar-refractivity contribution >= 4 is 21.9 Å². The van der Waals surface area contributed by atoms with Crippen LogP contribution in [0.2, 0.25) is 0 Å². The summed E-state index contributed by atoms with van der Waals surface area (Å²) in [7, 11) is -11.5. The predicted molar refractivity (Wildman–Crippen MR) is 104 cm³/mol. The average Bonchev–Trinajstić information content (AvgIpc) is 3.07. The topological polar surface area (TPSA) is 311 Å². The molecule has 23 heteroatoms. The van der Waals surface area contributed by atoms with Crippen molar-refractivity contribution in [2.75, 3.05) is 13.2 Å². The molecule has 1 aromatic rings. The fraction of sp³-hybridized carbons (Fsp3) is 0.667. The van der Waals surface area contributed by atoms with Crippen LogP contribution in [-0.2, 0) is 32.0 Å². The number of hydrogen-bond acceptors (Lipinski definition) is 17. The second kappa shape index (κ2) is 16.1. The minimum atomic E-state index is -5.92. The van der Waals surface area contributed by atoms with E-state index in [4.69, 9.17) is 9.63 Å². The van der Waals surface area contributed by atoms with Gasteiger partial charge in [0, 0.05) is 6.20 Å². The normalized spacial score (nSPS) is 27.5. The fourth-order valence-electron chi connectivity index (χ4n) is 2.92. The Morgan fingerprint density at radius 3 is 2.29 bits per heavy atom. The molecule has 0 bridgehead atoms. The van der Waals surface area contributed by atoms with E-state index in [1.807, 2.05) is 0 Å². The second-order valence-electron chi connectivity index (χ2n) is 7.23. The number of carbonyl (C=O) groups excluding carboxylic acids is 1. The zero-order chi connectivity index (χ0) is 27.4. The van der Waals surface area contributed by atoms with E-state index in [0.29, 0.717) is 4.57 Å². The first kappa shape index (κ1) is 38.3. The summed E-state index contributed by atoms with van der Waals surface area (Å²) in [5, 5.41) is 69.8. The molecule has 0 radical (unpaired) electrons. The molecule has 38 heavy (non-hydrogen) atoms. The van der Waals surface area contributed by atoms with Crippen LogP contribution in [0.15, 0.2) is 17.1 Å². The fourth-order valence-corrected chi connectivity index (χ4v) is 5.19. The summed E-state index contributed by atoms with van der Waals surface area (Å²) in [5.41, 5.74) is -1.17. The molecule has 0 amide bonds. The van der Waals surface area contributed by atoms with E-state index in [0.717, 1.165) is 12.3 Å². The summed E-state index contributed by atoms with van der Waals surface area (Å²) in [6.07, 6.45) is -15.6. The molecule has 0 aliphatic carbocycles. The van der Waals surface area contributed by atoms with Crippen molar-refractivity contribution in [3.63, 3.8) is 0 Å². The van der Waals surface area contributed by atoms with Crippen LogP contribution in [0.3, 0.4) is 0 Å². The van der Waals surface area contributed by atoms with Crippen molar-refractivity contribution in [2.24, 2.45) is 0 Å². The van der Waals surface area contributed by atoms with Gasteiger partial charge in [0.25, 0.3) is 7.82 Å². The first-order valence-corrected chi connectivity index (χ1v) is 12.6. The number of phosphoric acid groups is 2. The van der Waals surface area contributed by atoms with Crippen LogP contribution in [0.4, 0.5) is 0 Å². The largest absolute Gasteiger partial charge is 1.00 e. The van der Waals surface area contributed by atoms with E-state index in [2.05, 4.69) is 18.3 Å². The molecule has 206 valence electrons. The molecule has 2 rings (SSSR count). The average molecular weight is 610 g/mol. The van der Waals surface area contributed by atoms with Crippen LogP contribution >= 0.6 is 15.6 Å². The van der Waals surface area contributed by atoms with Crippen LogP contribution in [0.5, 0.6) is 5.88 Å². The monoisotopic (exact) mass is 610 g/mol. The molecule has 1 aliphatic rings. The van der Waals surface area contributed by atoms with Crippen molar-refractivity contribution in [1.82, 2.24) is 9.55 Å². The number of aliphatic hydroxyl groups is 6. The Morgan fingerprint density at radius 2 is 1.79 bits per heavy atom. The van der Waals surface area contributed by atoms with Crippen molar-refractivity contribution in [3.05, 3.63) is 22.7 Å². The Hall–Kier alpha value is 0.330. The number of ether oxygens (including phenoxy) is 1. The smallest absolute Gasteiger partial charge is 0.858 e. The zero-order valence-corrected chi connectivity index (χ0v) is 25.6. The van der Waals surface area contributed by atoms with E-state index in [-0.39, 0.29) is 65.4 Å². The van der Waals surface area contributed by atoms with Crippen LogP contribution in [-0.4, -0.2) is 107 Å². The standard InChI is InChI=1S/C15H24N2O17P2.2Na/c18-3-6(20)10(22)11(23)7(4-19)33-36(30,34-35(27,28)29)31-5-8-12(24)13(25)14(32-8)17-2-1-9(21)16-15(17)26;;/h1-3,6-8,10-14,19-20,22-25H,4-5H2,(H,16,21,26)(H2,27,28,29);;/q;2*+1/p-2/t6-,7+,8+,10+,11+,12+,13+,14+,36?;;/m0../s1. The van der Waals surface area contributed by atoms with Gasteiger partial charge >= 0.3 is 72.6 Å². The van der Waals surface area contributed by atoms with Crippen LogP contribution in [0.1, 0.15) is 6.23 Å². The molecular formula is C15H22N2Na2O17P2. The van der Waals surface area contributed by atoms with Gasteiger partial charge in [-0.1, -0.05) is 0 Å². The number of carbonyl (C=O) groups is 1. The third-order valence-corrected chi connectivity index (χ3v) is 7.30. The van der Waals surface area contributed by atoms with Crippen LogP contribution in [0, 0.1) is 0 Å². The van der Waals surface area contributed by atoms with Gasteiger partial charge in [0.2, 0.25) is 0 Å². The van der Waals surface area contributed by atoms with Gasteiger partial charge in [-0.15, -0.1) is 0 Å². The SMILES string of the molecule is O=C[C@H](O)[C@@H](O)[C@H](O)[C@@H](CO)OP(=O)(OC[C@H]1O[C@@H](n2ccc([O-])nc2=O)[C@H](O)[C@@H]1O)OP(=O)([O-])O.[Na+].[Na+]. The summed E-state index contributed by atoms with van der Waals surface area (Å²) in [6.45, 7) is -2.47. The van der Waals surface area contributed by atoms with Gasteiger partial charge in [-0.2, -0.15) is 0 Å². The van der Waals surface area contributed by atoms with Gasteiger partial charge in [0.05, 0.1) is 13.2 Å². The van der Waals surface area contributed by atoms with E-state index in [1.54, 1.807) is 0 Å². The first-order valence-electron chi connectivity index (χ1n) is 9.68. The molecule has 2 unspecified atom stereocenters. The Bertz CT molecular complexity index is 1060. The van der Waals surface area contributed by atoms with Crippen molar-refractivity contribution in [3.8, 4) is 5.88 Å². The van der Waals surface area contributed by atoms with E-state index >= 15 is 0 Å². The van der Waals surface area contributed by atoms with Gasteiger partial charge < -0.3 is 55.1 Å². The van der Waals surface area contributed by atoms with Crippen molar-refractivity contribution in [1.29, 1.82) is 0 Å². The number of rotatable bonds is 13. The summed E-state index contributed by atoms with van der Waals surface area (Å²) in [4.78, 5) is 45.6. The molecule has 1 aromatic heterocycles. The van der Waals surface area contributed by atoms with Crippen molar-refractivity contribution < 1.29 is 137 Å². The minimum absolute atomic E-state index is 0. The molecule has 1 fully saturated rings. The molecule has 0 aromatic carbocycles. The second-order valence-corrected chi connectivity index (χ2v) is 10.2. The number of nitrogens with zero attached hydrogens (tertiary/aromatic N) is 2. The quantitative estimate of drug-likeness (QED) is 0.0619. The molecule has 1 saturated heterocycles. The molecule has 0 spiro atoms. The maximum Gasteiger partial charge on any atom is 1.00 e. The summed E-state index contributed by atoms with van der Waals surface area (Å²) >= 11 is 0. The van der Waals surface area contributed by atoms with E-state index in [1.165, 1.54) is 0 Å². The Labute approximate surface area is 257 Å². The summed E-state index contributed by atoms with van der Waals surface area (Å²) in [6, 6.07) is 0.840. The summed E-state index contributed by atoms with van der Waals surface area (Å²) < 4.78 is 43.0. The third-order valence-electron chi connectivity index (χ3n) is 4.68.